The van der Waals surface area contributed by atoms with Crippen LogP contribution in [0.3, 0.4) is 0 Å². The molecule has 0 radical (unpaired) electrons. The Bertz CT molecular complexity index is 1010. The summed E-state index contributed by atoms with van der Waals surface area (Å²) in [5.41, 5.74) is 1.04. The highest BCUT2D eigenvalue weighted by Crippen LogP contribution is 2.21. The van der Waals surface area contributed by atoms with Crippen molar-refractivity contribution in [2.24, 2.45) is 0 Å². The molecule has 10 nitrogen and oxygen atoms in total. The van der Waals surface area contributed by atoms with Crippen LogP contribution in [0.1, 0.15) is 30.3 Å². The maximum atomic E-state index is 12.6. The maximum absolute atomic E-state index is 12.6. The normalized spacial score (nSPS) is 10.7. The molecule has 2 aromatic heterocycles. The van der Waals surface area contributed by atoms with Crippen LogP contribution in [-0.2, 0) is 0 Å². The van der Waals surface area contributed by atoms with E-state index in [-0.39, 0.29) is 11.7 Å². The summed E-state index contributed by atoms with van der Waals surface area (Å²) >= 11 is 0. The molecule has 0 saturated heterocycles. The molecular weight excluding hydrogens is 354 g/mol. The molecule has 27 heavy (non-hydrogen) atoms. The van der Waals surface area contributed by atoms with Crippen LogP contribution < -0.4 is 10.6 Å². The van der Waals surface area contributed by atoms with Crippen molar-refractivity contribution in [3.8, 4) is 0 Å². The summed E-state index contributed by atoms with van der Waals surface area (Å²) in [5.74, 6) is -1.56. The van der Waals surface area contributed by atoms with Gasteiger partial charge in [0.05, 0.1) is 17.1 Å². The molecule has 0 spiro atoms. The summed E-state index contributed by atoms with van der Waals surface area (Å²) in [7, 11) is 0. The number of furan rings is 1. The number of nitrogens with zero attached hydrogens (tertiary/aromatic N) is 3. The molecule has 3 aromatic rings. The molecule has 0 bridgehead atoms. The second-order valence-corrected chi connectivity index (χ2v) is 5.69. The molecule has 10 heteroatoms. The molecule has 0 unspecified atom stereocenters. The summed E-state index contributed by atoms with van der Waals surface area (Å²) < 4.78 is 6.13. The molecule has 2 amide bonds. The monoisotopic (exact) mass is 371 g/mol. The Labute approximate surface area is 153 Å². The van der Waals surface area contributed by atoms with Crippen molar-refractivity contribution in [1.82, 2.24) is 14.9 Å². The van der Waals surface area contributed by atoms with Gasteiger partial charge in [0.2, 0.25) is 5.95 Å². The van der Waals surface area contributed by atoms with Crippen LogP contribution in [0.5, 0.6) is 0 Å². The van der Waals surface area contributed by atoms with Crippen molar-refractivity contribution >= 4 is 34.8 Å². The van der Waals surface area contributed by atoms with Crippen molar-refractivity contribution in [3.05, 3.63) is 52.3 Å². The van der Waals surface area contributed by atoms with Gasteiger partial charge in [0.15, 0.2) is 5.76 Å². The van der Waals surface area contributed by atoms with E-state index in [1.807, 2.05) is 6.92 Å². The molecule has 140 valence electrons. The number of hydrogen-bond acceptors (Lipinski definition) is 6. The first kappa shape index (κ1) is 18.1. The van der Waals surface area contributed by atoms with Gasteiger partial charge in [0.25, 0.3) is 5.91 Å². The summed E-state index contributed by atoms with van der Waals surface area (Å²) in [6.45, 7) is 2.49. The van der Waals surface area contributed by atoms with Crippen LogP contribution in [0.2, 0.25) is 0 Å². The third kappa shape index (κ3) is 3.78. The largest absolute Gasteiger partial charge is 0.433 e. The van der Waals surface area contributed by atoms with E-state index in [4.69, 9.17) is 4.42 Å². The van der Waals surface area contributed by atoms with Gasteiger partial charge in [-0.15, -0.1) is 0 Å². The highest BCUT2D eigenvalue weighted by atomic mass is 16.6. The second-order valence-electron chi connectivity index (χ2n) is 5.69. The lowest BCUT2D eigenvalue weighted by Crippen LogP contribution is -2.31. The van der Waals surface area contributed by atoms with Crippen LogP contribution in [0.25, 0.3) is 11.0 Å². The number of fused-ring (bicyclic) bond motifs is 1. The molecule has 2 N–H and O–H groups in total. The van der Waals surface area contributed by atoms with Crippen molar-refractivity contribution < 1.29 is 18.9 Å². The zero-order valence-electron chi connectivity index (χ0n) is 14.5. The van der Waals surface area contributed by atoms with E-state index in [2.05, 4.69) is 15.6 Å². The molecule has 0 atom stereocenters. The topological polar surface area (TPSA) is 132 Å². The molecule has 1 aromatic carbocycles. The maximum Gasteiger partial charge on any atom is 0.433 e. The van der Waals surface area contributed by atoms with E-state index >= 15 is 0 Å². The Morgan fingerprint density at radius 3 is 2.74 bits per heavy atom. The quantitative estimate of drug-likeness (QED) is 0.388. The molecule has 3 rings (SSSR count). The number of rotatable bonds is 6. The van der Waals surface area contributed by atoms with E-state index in [1.54, 1.807) is 24.3 Å². The number of anilines is 1. The third-order valence-electron chi connectivity index (χ3n) is 3.79. The molecule has 0 saturated carbocycles. The van der Waals surface area contributed by atoms with Crippen molar-refractivity contribution in [2.75, 3.05) is 11.9 Å². The Kier molecular flexibility index (Phi) is 5.15. The lowest BCUT2D eigenvalue weighted by Gasteiger charge is -2.09. The molecule has 0 aliphatic carbocycles. The van der Waals surface area contributed by atoms with Crippen LogP contribution in [0.4, 0.5) is 16.6 Å². The minimum absolute atomic E-state index is 0.00532. The Morgan fingerprint density at radius 1 is 1.26 bits per heavy atom. The number of nitro groups is 1. The van der Waals surface area contributed by atoms with E-state index in [1.165, 1.54) is 10.6 Å². The average Bonchev–Trinajstić information content (AvgIpc) is 3.26. The smallest absolute Gasteiger partial charge is 0.395 e. The predicted molar refractivity (Wildman–Crippen MR) is 96.8 cm³/mol. The van der Waals surface area contributed by atoms with Gasteiger partial charge in [-0.1, -0.05) is 25.5 Å². The lowest BCUT2D eigenvalue weighted by atomic mass is 10.3. The zero-order chi connectivity index (χ0) is 19.4. The van der Waals surface area contributed by atoms with Gasteiger partial charge in [-0.05, 0) is 24.6 Å². The second kappa shape index (κ2) is 7.68. The van der Waals surface area contributed by atoms with Gasteiger partial charge >= 0.3 is 11.9 Å². The molecule has 0 aliphatic rings. The van der Waals surface area contributed by atoms with Gasteiger partial charge in [0, 0.05) is 6.54 Å². The SMILES string of the molecule is CCCCNC(=O)n1c(NC(=O)c2ccc([N+](=O)[O-])o2)nc2ccccc21. The number of carbonyl (C=O) groups excluding carboxylic acids is 2. The fourth-order valence-electron chi connectivity index (χ4n) is 2.48. The first-order chi connectivity index (χ1) is 13.0. The number of unbranched alkanes of at least 4 members (excludes halogenated alkanes) is 1. The van der Waals surface area contributed by atoms with E-state index in [0.29, 0.717) is 17.6 Å². The summed E-state index contributed by atoms with van der Waals surface area (Å²) in [6, 6.07) is 8.75. The van der Waals surface area contributed by atoms with Gasteiger partial charge in [-0.25, -0.2) is 14.3 Å². The Balaban J connectivity index is 1.90. The molecule has 2 heterocycles. The number of carbonyl (C=O) groups is 2. The average molecular weight is 371 g/mol. The Hall–Kier alpha value is -3.69. The number of para-hydroxylation sites is 2. The fourth-order valence-corrected chi connectivity index (χ4v) is 2.48. The highest BCUT2D eigenvalue weighted by molar-refractivity contribution is 6.04. The highest BCUT2D eigenvalue weighted by Gasteiger charge is 2.22. The number of amides is 2. The van der Waals surface area contributed by atoms with Gasteiger partial charge < -0.3 is 9.73 Å². The number of aromatic nitrogens is 2. The van der Waals surface area contributed by atoms with Gasteiger partial charge in [-0.2, -0.15) is 0 Å². The van der Waals surface area contributed by atoms with Crippen molar-refractivity contribution in [2.45, 2.75) is 19.8 Å². The lowest BCUT2D eigenvalue weighted by molar-refractivity contribution is -0.402. The molecule has 0 fully saturated rings. The van der Waals surface area contributed by atoms with Crippen molar-refractivity contribution in [1.29, 1.82) is 0 Å². The molecular formula is C17H17N5O5. The van der Waals surface area contributed by atoms with Crippen LogP contribution >= 0.6 is 0 Å². The van der Waals surface area contributed by atoms with Gasteiger partial charge in [0.1, 0.15) is 4.92 Å². The summed E-state index contributed by atoms with van der Waals surface area (Å²) in [5, 5.41) is 15.9. The van der Waals surface area contributed by atoms with Crippen LogP contribution in [0.15, 0.2) is 40.8 Å². The number of imidazole rings is 1. The fraction of sp³-hybridized carbons (Fsp3) is 0.235. The van der Waals surface area contributed by atoms with Gasteiger partial charge in [-0.3, -0.25) is 20.2 Å². The summed E-state index contributed by atoms with van der Waals surface area (Å²) in [6.07, 6.45) is 1.74. The van der Waals surface area contributed by atoms with E-state index in [9.17, 15) is 19.7 Å². The summed E-state index contributed by atoms with van der Waals surface area (Å²) in [4.78, 5) is 39.1. The standard InChI is InChI=1S/C17H17N5O5/c1-2-3-10-18-17(24)21-12-7-5-4-6-11(12)19-16(21)20-15(23)13-8-9-14(27-13)22(25)26/h4-9H,2-3,10H2,1H3,(H,18,24)(H,19,20,23). The number of benzene rings is 1. The number of hydrogen-bond donors (Lipinski definition) is 2. The third-order valence-corrected chi connectivity index (χ3v) is 3.79. The first-order valence-electron chi connectivity index (χ1n) is 8.32. The Morgan fingerprint density at radius 2 is 2.04 bits per heavy atom. The molecule has 0 aliphatic heterocycles. The zero-order valence-corrected chi connectivity index (χ0v) is 14.5. The first-order valence-corrected chi connectivity index (χ1v) is 8.32. The van der Waals surface area contributed by atoms with E-state index in [0.717, 1.165) is 18.9 Å². The number of nitrogens with one attached hydrogen (secondary N) is 2. The van der Waals surface area contributed by atoms with Crippen LogP contribution in [-0.4, -0.2) is 33.0 Å². The minimum Gasteiger partial charge on any atom is -0.395 e. The van der Waals surface area contributed by atoms with Crippen LogP contribution in [0, 0.1) is 10.1 Å². The van der Waals surface area contributed by atoms with E-state index < -0.39 is 22.7 Å². The van der Waals surface area contributed by atoms with Crippen molar-refractivity contribution in [3.63, 3.8) is 0 Å². The minimum atomic E-state index is -0.749. The predicted octanol–water partition coefficient (Wildman–Crippen LogP) is 3.15.